The number of benzene rings is 1. The molecule has 3 aromatic rings. The van der Waals surface area contributed by atoms with Gasteiger partial charge in [-0.05, 0) is 31.0 Å². The molecule has 0 bridgehead atoms. The monoisotopic (exact) mass is 430 g/mol. The number of hydrogen-bond donors (Lipinski definition) is 3. The van der Waals surface area contributed by atoms with Gasteiger partial charge in [-0.25, -0.2) is 18.1 Å². The van der Waals surface area contributed by atoms with E-state index in [4.69, 9.17) is 10.5 Å². The van der Waals surface area contributed by atoms with E-state index in [9.17, 15) is 13.2 Å². The van der Waals surface area contributed by atoms with Gasteiger partial charge in [0.05, 0.1) is 40.5 Å². The molecule has 0 saturated carbocycles. The molecule has 0 spiro atoms. The first-order chi connectivity index (χ1) is 14.3. The van der Waals surface area contributed by atoms with Gasteiger partial charge in [-0.15, -0.1) is 0 Å². The maximum atomic E-state index is 12.0. The summed E-state index contributed by atoms with van der Waals surface area (Å²) in [7, 11) is -3.41. The predicted octanol–water partition coefficient (Wildman–Crippen LogP) is 1.48. The number of nitrogens with two attached hydrogens (primary N) is 1. The van der Waals surface area contributed by atoms with Crippen molar-refractivity contribution in [3.05, 3.63) is 42.2 Å². The first kappa shape index (κ1) is 20.1. The van der Waals surface area contributed by atoms with E-state index in [0.717, 1.165) is 19.1 Å². The van der Waals surface area contributed by atoms with Crippen molar-refractivity contribution in [2.45, 2.75) is 18.9 Å². The Kier molecular flexibility index (Phi) is 5.31. The fraction of sp³-hybridized carbons (Fsp3) is 0.316. The van der Waals surface area contributed by atoms with Crippen LogP contribution in [0, 0.1) is 0 Å². The zero-order valence-corrected chi connectivity index (χ0v) is 17.1. The van der Waals surface area contributed by atoms with Gasteiger partial charge in [0.2, 0.25) is 10.0 Å². The van der Waals surface area contributed by atoms with Gasteiger partial charge in [0.1, 0.15) is 0 Å². The number of aromatic nitrogens is 3. The highest BCUT2D eigenvalue weighted by Gasteiger charge is 2.21. The molecule has 1 saturated heterocycles. The van der Waals surface area contributed by atoms with Gasteiger partial charge in [0, 0.05) is 25.5 Å². The Morgan fingerprint density at radius 2 is 2.03 bits per heavy atom. The molecule has 3 heterocycles. The van der Waals surface area contributed by atoms with E-state index in [0.29, 0.717) is 46.9 Å². The van der Waals surface area contributed by atoms with Crippen LogP contribution < -0.4 is 15.8 Å². The zero-order valence-electron chi connectivity index (χ0n) is 16.3. The first-order valence-electron chi connectivity index (χ1n) is 9.41. The molecule has 1 aliphatic heterocycles. The van der Waals surface area contributed by atoms with E-state index in [1.54, 1.807) is 35.1 Å². The number of ether oxygens (including phenoxy) is 1. The Hall–Kier alpha value is -3.18. The maximum Gasteiger partial charge on any atom is 0.252 e. The molecule has 0 aliphatic carbocycles. The number of anilines is 2. The molecular formula is C19H22N6O4S. The Labute approximate surface area is 173 Å². The second kappa shape index (κ2) is 7.92. The quantitative estimate of drug-likeness (QED) is 0.538. The lowest BCUT2D eigenvalue weighted by Crippen LogP contribution is -2.29. The molecule has 158 valence electrons. The summed E-state index contributed by atoms with van der Waals surface area (Å²) in [5.41, 5.74) is 8.01. The van der Waals surface area contributed by atoms with Crippen LogP contribution in [-0.4, -0.2) is 54.6 Å². The molecule has 1 fully saturated rings. The van der Waals surface area contributed by atoms with E-state index in [2.05, 4.69) is 20.1 Å². The zero-order chi connectivity index (χ0) is 21.3. The largest absolute Gasteiger partial charge is 0.381 e. The third-order valence-electron chi connectivity index (χ3n) is 4.83. The molecule has 11 heteroatoms. The summed E-state index contributed by atoms with van der Waals surface area (Å²) >= 11 is 0. The van der Waals surface area contributed by atoms with Gasteiger partial charge >= 0.3 is 0 Å². The van der Waals surface area contributed by atoms with Gasteiger partial charge in [-0.1, -0.05) is 6.07 Å². The van der Waals surface area contributed by atoms with Crippen LogP contribution in [0.4, 0.5) is 11.4 Å². The molecule has 0 radical (unpaired) electrons. The third-order valence-corrected chi connectivity index (χ3v) is 5.43. The topological polar surface area (TPSA) is 141 Å². The molecule has 2 aromatic heterocycles. The molecule has 1 aliphatic rings. The minimum absolute atomic E-state index is 0.146. The standard InChI is InChI=1S/C19H22N6O4S/c1-30(27,28)24-13-3-2-4-14(9-13)25-19-16(11-22-25)17(15(10-21-19)18(20)26)23-12-5-7-29-8-6-12/h2-4,9-12,24H,5-8H2,1H3,(H2,20,26)(H,21,23). The molecule has 30 heavy (non-hydrogen) atoms. The minimum atomic E-state index is -3.41. The smallest absolute Gasteiger partial charge is 0.252 e. The SMILES string of the molecule is CS(=O)(=O)Nc1cccc(-n2ncc3c(NC4CCOCC4)c(C(N)=O)cnc32)c1. The number of nitrogens with one attached hydrogen (secondary N) is 2. The first-order valence-corrected chi connectivity index (χ1v) is 11.3. The lowest BCUT2D eigenvalue weighted by molar-refractivity contribution is 0.0904. The van der Waals surface area contributed by atoms with Crippen molar-refractivity contribution in [1.29, 1.82) is 0 Å². The number of carbonyl (C=O) groups is 1. The van der Waals surface area contributed by atoms with Crippen molar-refractivity contribution in [2.75, 3.05) is 29.5 Å². The highest BCUT2D eigenvalue weighted by molar-refractivity contribution is 7.92. The fourth-order valence-corrected chi connectivity index (χ4v) is 4.03. The van der Waals surface area contributed by atoms with E-state index in [-0.39, 0.29) is 6.04 Å². The number of carbonyl (C=O) groups excluding carboxylic acids is 1. The third kappa shape index (κ3) is 4.21. The lowest BCUT2D eigenvalue weighted by Gasteiger charge is -2.25. The van der Waals surface area contributed by atoms with Gasteiger partial charge in [0.15, 0.2) is 5.65 Å². The number of amides is 1. The fourth-order valence-electron chi connectivity index (χ4n) is 3.47. The summed E-state index contributed by atoms with van der Waals surface area (Å²) in [6, 6.07) is 6.95. The Morgan fingerprint density at radius 3 is 2.73 bits per heavy atom. The van der Waals surface area contributed by atoms with Gasteiger partial charge in [-0.3, -0.25) is 9.52 Å². The number of rotatable bonds is 6. The van der Waals surface area contributed by atoms with Crippen LogP contribution in [0.3, 0.4) is 0 Å². The van der Waals surface area contributed by atoms with Crippen LogP contribution in [0.25, 0.3) is 16.7 Å². The number of nitrogens with zero attached hydrogens (tertiary/aromatic N) is 3. The van der Waals surface area contributed by atoms with Crippen molar-refractivity contribution < 1.29 is 17.9 Å². The van der Waals surface area contributed by atoms with Crippen LogP contribution in [0.5, 0.6) is 0 Å². The van der Waals surface area contributed by atoms with Gasteiger partial charge < -0.3 is 15.8 Å². The molecule has 4 rings (SSSR count). The van der Waals surface area contributed by atoms with Crippen LogP contribution in [0.1, 0.15) is 23.2 Å². The predicted molar refractivity (Wildman–Crippen MR) is 113 cm³/mol. The summed E-state index contributed by atoms with van der Waals surface area (Å²) in [5, 5.41) is 8.48. The normalized spacial score (nSPS) is 15.2. The Balaban J connectivity index is 1.77. The summed E-state index contributed by atoms with van der Waals surface area (Å²) in [4.78, 5) is 16.4. The van der Waals surface area contributed by atoms with Crippen molar-refractivity contribution in [2.24, 2.45) is 5.73 Å². The number of sulfonamides is 1. The lowest BCUT2D eigenvalue weighted by atomic mass is 10.1. The van der Waals surface area contributed by atoms with E-state index < -0.39 is 15.9 Å². The molecule has 1 aromatic carbocycles. The summed E-state index contributed by atoms with van der Waals surface area (Å²) < 4.78 is 32.5. The highest BCUT2D eigenvalue weighted by Crippen LogP contribution is 2.29. The second-order valence-corrected chi connectivity index (χ2v) is 8.91. The van der Waals surface area contributed by atoms with Crippen LogP contribution in [0.15, 0.2) is 36.7 Å². The number of hydrogen-bond acceptors (Lipinski definition) is 7. The average Bonchev–Trinajstić information content (AvgIpc) is 3.12. The molecule has 0 unspecified atom stereocenters. The number of fused-ring (bicyclic) bond motifs is 1. The Morgan fingerprint density at radius 1 is 1.27 bits per heavy atom. The molecule has 4 N–H and O–H groups in total. The minimum Gasteiger partial charge on any atom is -0.381 e. The van der Waals surface area contributed by atoms with Crippen molar-refractivity contribution in [3.8, 4) is 5.69 Å². The van der Waals surface area contributed by atoms with Crippen LogP contribution in [-0.2, 0) is 14.8 Å². The van der Waals surface area contributed by atoms with Crippen molar-refractivity contribution in [1.82, 2.24) is 14.8 Å². The van der Waals surface area contributed by atoms with Crippen LogP contribution in [0.2, 0.25) is 0 Å². The van der Waals surface area contributed by atoms with Gasteiger partial charge in [-0.2, -0.15) is 5.10 Å². The average molecular weight is 430 g/mol. The van der Waals surface area contributed by atoms with Crippen molar-refractivity contribution in [3.63, 3.8) is 0 Å². The number of pyridine rings is 1. The molecule has 0 atom stereocenters. The molecule has 1 amide bonds. The molecule has 10 nitrogen and oxygen atoms in total. The van der Waals surface area contributed by atoms with E-state index in [1.165, 1.54) is 6.20 Å². The molecular weight excluding hydrogens is 408 g/mol. The second-order valence-electron chi connectivity index (χ2n) is 7.16. The maximum absolute atomic E-state index is 12.0. The van der Waals surface area contributed by atoms with Crippen LogP contribution >= 0.6 is 0 Å². The summed E-state index contributed by atoms with van der Waals surface area (Å²) in [5.74, 6) is -0.578. The van der Waals surface area contributed by atoms with Gasteiger partial charge in [0.25, 0.3) is 5.91 Å². The van der Waals surface area contributed by atoms with E-state index >= 15 is 0 Å². The summed E-state index contributed by atoms with van der Waals surface area (Å²) in [6.45, 7) is 1.30. The number of primary amides is 1. The highest BCUT2D eigenvalue weighted by atomic mass is 32.2. The summed E-state index contributed by atoms with van der Waals surface area (Å²) in [6.07, 6.45) is 5.77. The Bertz CT molecular complexity index is 1200. The van der Waals surface area contributed by atoms with E-state index in [1.807, 2.05) is 0 Å². The van der Waals surface area contributed by atoms with Crippen molar-refractivity contribution >= 4 is 38.3 Å².